The topological polar surface area (TPSA) is 29.9 Å². The average Bonchev–Trinajstić information content (AvgIpc) is 2.90. The molecule has 1 aromatic heterocycles. The highest BCUT2D eigenvalue weighted by atomic mass is 15.3. The molecule has 0 unspecified atom stereocenters. The van der Waals surface area contributed by atoms with E-state index in [1.54, 1.807) is 0 Å². The van der Waals surface area contributed by atoms with E-state index in [2.05, 4.69) is 57.6 Å². The first-order valence-electron chi connectivity index (χ1n) is 6.68. The van der Waals surface area contributed by atoms with Gasteiger partial charge in [-0.05, 0) is 36.2 Å². The quantitative estimate of drug-likeness (QED) is 0.718. The summed E-state index contributed by atoms with van der Waals surface area (Å²) in [6.45, 7) is 2.00. The highest BCUT2D eigenvalue weighted by molar-refractivity contribution is 5.80. The molecule has 3 heteroatoms. The number of nitrogens with zero attached hydrogens (tertiary/aromatic N) is 2. The van der Waals surface area contributed by atoms with Gasteiger partial charge >= 0.3 is 0 Å². The standard InChI is InChI=1S/C16H15N3/c1-2-6-15-13(4-1)10-18-19(15)16-7-3-5-12-8-9-17-11-14(12)16/h1-7,10,17H,8-9,11H2. The van der Waals surface area contributed by atoms with E-state index in [0.717, 1.165) is 19.5 Å². The lowest BCUT2D eigenvalue weighted by Crippen LogP contribution is -2.25. The first kappa shape index (κ1) is 10.8. The van der Waals surface area contributed by atoms with Crippen molar-refractivity contribution in [3.63, 3.8) is 0 Å². The summed E-state index contributed by atoms with van der Waals surface area (Å²) in [6.07, 6.45) is 3.04. The van der Waals surface area contributed by atoms with Gasteiger partial charge in [0.25, 0.3) is 0 Å². The molecular formula is C16H15N3. The molecule has 0 aliphatic carbocycles. The van der Waals surface area contributed by atoms with Gasteiger partial charge in [0, 0.05) is 11.9 Å². The zero-order valence-electron chi connectivity index (χ0n) is 10.6. The summed E-state index contributed by atoms with van der Waals surface area (Å²) < 4.78 is 2.06. The maximum atomic E-state index is 4.56. The lowest BCUT2D eigenvalue weighted by atomic mass is 9.99. The molecule has 0 radical (unpaired) electrons. The SMILES string of the molecule is c1cc2c(c(-n3ncc4ccccc43)c1)CNCC2. The van der Waals surface area contributed by atoms with Crippen LogP contribution in [-0.4, -0.2) is 16.3 Å². The zero-order valence-corrected chi connectivity index (χ0v) is 10.6. The Hall–Kier alpha value is -2.13. The van der Waals surface area contributed by atoms with E-state index < -0.39 is 0 Å². The van der Waals surface area contributed by atoms with E-state index in [0.29, 0.717) is 0 Å². The van der Waals surface area contributed by atoms with Gasteiger partial charge in [0.05, 0.1) is 17.4 Å². The van der Waals surface area contributed by atoms with Gasteiger partial charge in [0.2, 0.25) is 0 Å². The lowest BCUT2D eigenvalue weighted by Gasteiger charge is -2.20. The van der Waals surface area contributed by atoms with E-state index in [1.807, 2.05) is 6.20 Å². The van der Waals surface area contributed by atoms with Gasteiger partial charge in [-0.3, -0.25) is 0 Å². The predicted octanol–water partition coefficient (Wildman–Crippen LogP) is 2.67. The van der Waals surface area contributed by atoms with Crippen LogP contribution in [0.4, 0.5) is 0 Å². The summed E-state index contributed by atoms with van der Waals surface area (Å²) in [5.74, 6) is 0. The van der Waals surface area contributed by atoms with Crippen LogP contribution in [0.15, 0.2) is 48.7 Å². The Balaban J connectivity index is 1.97. The van der Waals surface area contributed by atoms with Crippen molar-refractivity contribution in [3.8, 4) is 5.69 Å². The Morgan fingerprint density at radius 2 is 2.00 bits per heavy atom. The number of fused-ring (bicyclic) bond motifs is 2. The molecule has 0 spiro atoms. The van der Waals surface area contributed by atoms with Crippen LogP contribution >= 0.6 is 0 Å². The maximum Gasteiger partial charge on any atom is 0.0741 e. The van der Waals surface area contributed by atoms with Crippen LogP contribution in [0, 0.1) is 0 Å². The summed E-state index contributed by atoms with van der Waals surface area (Å²) in [4.78, 5) is 0. The van der Waals surface area contributed by atoms with Crippen molar-refractivity contribution in [2.45, 2.75) is 13.0 Å². The third-order valence-electron chi connectivity index (χ3n) is 3.83. The molecular weight excluding hydrogens is 234 g/mol. The van der Waals surface area contributed by atoms with Crippen LogP contribution in [0.3, 0.4) is 0 Å². The van der Waals surface area contributed by atoms with Crippen LogP contribution in [-0.2, 0) is 13.0 Å². The van der Waals surface area contributed by atoms with Crippen molar-refractivity contribution in [2.75, 3.05) is 6.54 Å². The fourth-order valence-electron chi connectivity index (χ4n) is 2.86. The molecule has 1 aliphatic heterocycles. The molecule has 3 aromatic rings. The van der Waals surface area contributed by atoms with E-state index in [1.165, 1.54) is 27.7 Å². The fourth-order valence-corrected chi connectivity index (χ4v) is 2.86. The van der Waals surface area contributed by atoms with Crippen LogP contribution in [0.1, 0.15) is 11.1 Å². The molecule has 19 heavy (non-hydrogen) atoms. The number of aromatic nitrogens is 2. The molecule has 3 nitrogen and oxygen atoms in total. The minimum Gasteiger partial charge on any atom is -0.312 e. The molecule has 1 N–H and O–H groups in total. The highest BCUT2D eigenvalue weighted by Gasteiger charge is 2.15. The van der Waals surface area contributed by atoms with Crippen molar-refractivity contribution in [1.82, 2.24) is 15.1 Å². The normalized spacial score (nSPS) is 14.5. The van der Waals surface area contributed by atoms with Crippen molar-refractivity contribution in [2.24, 2.45) is 0 Å². The van der Waals surface area contributed by atoms with Crippen molar-refractivity contribution in [1.29, 1.82) is 0 Å². The largest absolute Gasteiger partial charge is 0.312 e. The van der Waals surface area contributed by atoms with Crippen molar-refractivity contribution < 1.29 is 0 Å². The minimum absolute atomic E-state index is 0.930. The summed E-state index contributed by atoms with van der Waals surface area (Å²) in [5.41, 5.74) is 5.19. The zero-order chi connectivity index (χ0) is 12.7. The van der Waals surface area contributed by atoms with Crippen LogP contribution in [0.2, 0.25) is 0 Å². The number of rotatable bonds is 1. The van der Waals surface area contributed by atoms with Crippen LogP contribution in [0.5, 0.6) is 0 Å². The molecule has 0 atom stereocenters. The van der Waals surface area contributed by atoms with Crippen LogP contribution in [0.25, 0.3) is 16.6 Å². The Labute approximate surface area is 111 Å². The third kappa shape index (κ3) is 1.66. The smallest absolute Gasteiger partial charge is 0.0741 e. The van der Waals surface area contributed by atoms with Gasteiger partial charge in [0.1, 0.15) is 0 Å². The number of nitrogens with one attached hydrogen (secondary N) is 1. The second-order valence-corrected chi connectivity index (χ2v) is 4.96. The summed E-state index contributed by atoms with van der Waals surface area (Å²) in [6, 6.07) is 14.9. The Bertz CT molecular complexity index is 743. The Morgan fingerprint density at radius 1 is 1.05 bits per heavy atom. The average molecular weight is 249 g/mol. The molecule has 94 valence electrons. The van der Waals surface area contributed by atoms with E-state index in [-0.39, 0.29) is 0 Å². The molecule has 2 heterocycles. The molecule has 0 saturated heterocycles. The molecule has 0 amide bonds. The van der Waals surface area contributed by atoms with Crippen molar-refractivity contribution >= 4 is 10.9 Å². The van der Waals surface area contributed by atoms with E-state index in [9.17, 15) is 0 Å². The summed E-state index contributed by atoms with van der Waals surface area (Å²) >= 11 is 0. The second-order valence-electron chi connectivity index (χ2n) is 4.96. The molecule has 1 aliphatic rings. The molecule has 0 bridgehead atoms. The van der Waals surface area contributed by atoms with Crippen LogP contribution < -0.4 is 5.32 Å². The number of para-hydroxylation sites is 1. The van der Waals surface area contributed by atoms with E-state index in [4.69, 9.17) is 0 Å². The minimum atomic E-state index is 0.930. The van der Waals surface area contributed by atoms with Crippen molar-refractivity contribution in [3.05, 3.63) is 59.8 Å². The highest BCUT2D eigenvalue weighted by Crippen LogP contribution is 2.25. The number of hydrogen-bond acceptors (Lipinski definition) is 2. The van der Waals surface area contributed by atoms with Gasteiger partial charge in [0.15, 0.2) is 0 Å². The van der Waals surface area contributed by atoms with Gasteiger partial charge in [-0.1, -0.05) is 30.3 Å². The monoisotopic (exact) mass is 249 g/mol. The Kier molecular flexibility index (Phi) is 2.38. The first-order chi connectivity index (χ1) is 9.43. The first-order valence-corrected chi connectivity index (χ1v) is 6.68. The molecule has 0 saturated carbocycles. The molecule has 2 aromatic carbocycles. The second kappa shape index (κ2) is 4.21. The van der Waals surface area contributed by atoms with Gasteiger partial charge in [-0.15, -0.1) is 0 Å². The summed E-state index contributed by atoms with van der Waals surface area (Å²) in [7, 11) is 0. The molecule has 4 rings (SSSR count). The Morgan fingerprint density at radius 3 is 3.00 bits per heavy atom. The third-order valence-corrected chi connectivity index (χ3v) is 3.83. The van der Waals surface area contributed by atoms with Gasteiger partial charge in [-0.2, -0.15) is 5.10 Å². The molecule has 0 fully saturated rings. The maximum absolute atomic E-state index is 4.56. The van der Waals surface area contributed by atoms with E-state index >= 15 is 0 Å². The number of hydrogen-bond donors (Lipinski definition) is 1. The lowest BCUT2D eigenvalue weighted by molar-refractivity contribution is 0.638. The van der Waals surface area contributed by atoms with Gasteiger partial charge in [-0.25, -0.2) is 4.68 Å². The number of benzene rings is 2. The van der Waals surface area contributed by atoms with Gasteiger partial charge < -0.3 is 5.32 Å². The predicted molar refractivity (Wildman–Crippen MR) is 76.5 cm³/mol. The fraction of sp³-hybridized carbons (Fsp3) is 0.188. The summed E-state index contributed by atoms with van der Waals surface area (Å²) in [5, 5.41) is 9.20.